The molecular weight excluding hydrogens is 1370 g/mol. The van der Waals surface area contributed by atoms with Gasteiger partial charge in [0.2, 0.25) is 0 Å². The molecule has 26 N–H and O–H groups in total. The van der Waals surface area contributed by atoms with Gasteiger partial charge in [0.05, 0.1) is 61.7 Å². The van der Waals surface area contributed by atoms with Crippen molar-refractivity contribution in [2.75, 3.05) is 27.3 Å². The molecule has 42 heteroatoms. The van der Waals surface area contributed by atoms with Gasteiger partial charge in [0.15, 0.2) is 49.8 Å². The van der Waals surface area contributed by atoms with Gasteiger partial charge in [-0.2, -0.15) is 0 Å². The highest BCUT2D eigenvalue weighted by Crippen LogP contribution is 2.43. The van der Waals surface area contributed by atoms with Gasteiger partial charge in [-0.25, -0.2) is 19.4 Å². The molecule has 7 aliphatic heterocycles. The van der Waals surface area contributed by atoms with Crippen LogP contribution in [0, 0.1) is 5.92 Å². The van der Waals surface area contributed by atoms with E-state index >= 15 is 0 Å². The summed E-state index contributed by atoms with van der Waals surface area (Å²) in [7, 11) is 17.0. The van der Waals surface area contributed by atoms with Crippen LogP contribution >= 0.6 is 0 Å². The number of aliphatic hydroxyl groups excluding tert-OH is 11. The number of aliphatic hydroxyl groups is 11. The molecule has 38 nitrogen and oxygen atoms in total. The molecular formula is C62H99B4N11O27. The number of hydrogen-bond donors (Lipinski definition) is 20. The van der Waals surface area contributed by atoms with Crippen molar-refractivity contribution in [2.45, 2.75) is 255 Å². The van der Waals surface area contributed by atoms with Gasteiger partial charge in [0.1, 0.15) is 111 Å². The number of aliphatic imine (C=N–C) groups is 1. The lowest BCUT2D eigenvalue weighted by molar-refractivity contribution is -0.375. The molecule has 18 unspecified atom stereocenters. The van der Waals surface area contributed by atoms with Crippen LogP contribution in [-0.4, -0.2) is 344 Å². The van der Waals surface area contributed by atoms with Crippen LogP contribution in [0.1, 0.15) is 51.2 Å². The third-order valence-electron chi connectivity index (χ3n) is 19.4. The molecule has 2 aliphatic carbocycles. The molecule has 2 aromatic rings. The number of amides is 3. The number of guanidine groups is 1. The quantitative estimate of drug-likeness (QED) is 0.0285. The van der Waals surface area contributed by atoms with Crippen molar-refractivity contribution in [3.8, 4) is 0 Å². The smallest absolute Gasteiger partial charge is 0.410 e. The summed E-state index contributed by atoms with van der Waals surface area (Å²) < 4.78 is 76.8. The number of ether oxygens (including phenoxy) is 13. The Morgan fingerprint density at radius 2 is 1.09 bits per heavy atom. The first-order chi connectivity index (χ1) is 48.9. The maximum atomic E-state index is 13.2. The molecule has 9 aliphatic rings. The van der Waals surface area contributed by atoms with E-state index in [1.54, 1.807) is 55.5 Å². The number of fused-ring (bicyclic) bond motifs is 4. The molecule has 576 valence electrons. The van der Waals surface area contributed by atoms with Gasteiger partial charge in [-0.1, -0.05) is 75.0 Å². The van der Waals surface area contributed by atoms with Gasteiger partial charge < -0.3 is 168 Å². The number of alkyl carbamates (subject to hydrolysis) is 2. The molecule has 0 bridgehead atoms. The third-order valence-corrected chi connectivity index (χ3v) is 19.4. The molecule has 0 aromatic heterocycles. The largest absolute Gasteiger partial charge is 0.445 e. The van der Waals surface area contributed by atoms with Gasteiger partial charge in [-0.15, -0.1) is 0 Å². The predicted octanol–water partition coefficient (Wildman–Crippen LogP) is -9.36. The fourth-order valence-electron chi connectivity index (χ4n) is 13.9. The Bertz CT molecular complexity index is 3040. The topological polar surface area (TPSA) is 602 Å². The Balaban J connectivity index is 0.000000265. The molecule has 9 fully saturated rings. The Morgan fingerprint density at radius 1 is 0.567 bits per heavy atom. The van der Waals surface area contributed by atoms with E-state index in [-0.39, 0.29) is 52.3 Å². The summed E-state index contributed by atoms with van der Waals surface area (Å²) in [6.07, 6.45) is -32.6. The van der Waals surface area contributed by atoms with Crippen LogP contribution < -0.4 is 50.4 Å². The molecule has 7 heterocycles. The number of rotatable bonds is 18. The van der Waals surface area contributed by atoms with E-state index < -0.39 is 246 Å². The molecule has 34 atom stereocenters. The molecule has 2 saturated carbocycles. The van der Waals surface area contributed by atoms with Crippen LogP contribution in [0.2, 0.25) is 0 Å². The maximum Gasteiger partial charge on any atom is 0.410 e. The Morgan fingerprint density at radius 3 is 1.66 bits per heavy atom. The first kappa shape index (κ1) is 84.4. The van der Waals surface area contributed by atoms with E-state index in [1.165, 1.54) is 19.0 Å². The number of likely N-dealkylation sites (N-methyl/N-ethyl adjacent to an activating group) is 2. The zero-order valence-electron chi connectivity index (χ0n) is 56.7. The molecule has 7 saturated heterocycles. The second kappa shape index (κ2) is 37.7. The maximum absolute atomic E-state index is 13.2. The normalized spacial score (nSPS) is 42.4. The van der Waals surface area contributed by atoms with E-state index in [0.717, 1.165) is 11.1 Å². The zero-order chi connectivity index (χ0) is 75.0. The number of nitrogens with two attached hydrogens (primary N) is 6. The third kappa shape index (κ3) is 20.0. The average molecular weight is 1470 g/mol. The van der Waals surface area contributed by atoms with E-state index in [4.69, 9.17) is 96.0 Å². The van der Waals surface area contributed by atoms with Crippen molar-refractivity contribution >= 4 is 53.8 Å². The van der Waals surface area contributed by atoms with Crippen LogP contribution in [0.5, 0.6) is 0 Å². The first-order valence-corrected chi connectivity index (χ1v) is 33.8. The second-order valence-electron chi connectivity index (χ2n) is 26.9. The van der Waals surface area contributed by atoms with Gasteiger partial charge in [-0.3, -0.25) is 4.90 Å². The summed E-state index contributed by atoms with van der Waals surface area (Å²) in [6.45, 7) is 0.533. The van der Waals surface area contributed by atoms with E-state index in [0.29, 0.717) is 0 Å². The molecule has 11 rings (SSSR count). The van der Waals surface area contributed by atoms with E-state index in [9.17, 15) is 70.6 Å². The summed E-state index contributed by atoms with van der Waals surface area (Å²) >= 11 is 0. The molecule has 2 aromatic carbocycles. The van der Waals surface area contributed by atoms with Crippen molar-refractivity contribution in [2.24, 2.45) is 45.3 Å². The van der Waals surface area contributed by atoms with Crippen molar-refractivity contribution < 1.29 is 132 Å². The lowest BCUT2D eigenvalue weighted by Crippen LogP contribution is -2.70. The lowest BCUT2D eigenvalue weighted by Gasteiger charge is -2.51. The van der Waals surface area contributed by atoms with E-state index in [1.807, 2.05) is 12.1 Å². The number of nitrogens with one attached hydrogen (secondary N) is 3. The number of benzene rings is 2. The minimum absolute atomic E-state index is 0. The number of nitrogens with zero attached hydrogens (tertiary/aromatic N) is 2. The fourth-order valence-corrected chi connectivity index (χ4v) is 13.9. The second-order valence-corrected chi connectivity index (χ2v) is 26.9. The first-order valence-electron chi connectivity index (χ1n) is 33.8. The van der Waals surface area contributed by atoms with Crippen molar-refractivity contribution in [3.05, 3.63) is 71.8 Å². The number of carbonyl (C=O) groups is 3. The summed E-state index contributed by atoms with van der Waals surface area (Å²) in [5.74, 6) is -0.842. The predicted molar refractivity (Wildman–Crippen MR) is 363 cm³/mol. The summed E-state index contributed by atoms with van der Waals surface area (Å²) in [4.78, 5) is 44.0. The van der Waals surface area contributed by atoms with E-state index in [2.05, 4.69) is 44.2 Å². The SMILES string of the molecule is C.CC1C[C@@H]2OC(O[C@H]3OC(CO)[C@@H](N)[C@H](O)C3O)C3C(OC(=O)N3C)C2O[C@@H]1O[C@@H]1C(NC(=O)OCc2ccccc2)C[C@@H](NC(=O)OCc2ccccc2)C(O)[C@H]1O.CNC1C(O[C@H]2OC(CO)[C@@H](N=C(N)N)[C@H](O)C2O)O[C@H]2CC(N)[C@@H](O[C@@H]3C(N)C[C@@H](N)C(O)[C@H]3O)OC2C1O.[B]B([B])[B]. The van der Waals surface area contributed by atoms with Gasteiger partial charge in [-0.05, 0) is 43.9 Å². The van der Waals surface area contributed by atoms with Gasteiger partial charge in [0.25, 0.3) is 0 Å². The standard InChI is InChI=1S/C39H52N4O16.C22H43N7O11.CH4.B4/c1-18-13-23-32(33-26(43(2)39(51)58-33)35(54-23)59-36-30(48)28(46)25(40)24(15-44)55-36)57-34(18)56-31-22(42-38(50)53-17-20-11-7-4-8-12-20)14-21(27(45)29(31)47)41-37(49)52-16-19-9-5-3-6-10-19;1-28-11-14(33)18-8(3-7(25)19(39-18)38-17-6(24)2-5(23)12(31)15(17)34)36-20(11)40-21-16(35)13(32)10(29-22(26)27)9(4-30)37-21;;1-4(2)3/h3-12,18,21-36,44-48H,13-17,40H2,1-2H3,(H,41,49)(H,42,50);5-21,28,30-35H,2-4,23-25H2,1H3,(H4,26,27,29);1H4;/t18?,21-,22?,23+,24?,25-,26?,27?,28+,29-,30?,31-,32?,33?,34+,35?,36-;5-,6?,7?,8+,9?,10-,11?,12?,13+,14?,15-,16?,17-,18?,19+,20?,21-;;/m11../s1. The Labute approximate surface area is 604 Å². The monoisotopic (exact) mass is 1470 g/mol. The fraction of sp³-hybridized carbons (Fsp3) is 0.742. The van der Waals surface area contributed by atoms with Crippen molar-refractivity contribution in [3.63, 3.8) is 0 Å². The summed E-state index contributed by atoms with van der Waals surface area (Å²) in [6, 6.07) is 9.52. The Hall–Kier alpha value is -5.26. The van der Waals surface area contributed by atoms with Crippen LogP contribution in [0.15, 0.2) is 65.7 Å². The highest BCUT2D eigenvalue weighted by molar-refractivity contribution is 7.49. The minimum atomic E-state index is -1.67. The average Bonchev–Trinajstić information content (AvgIpc) is 1.49. The summed E-state index contributed by atoms with van der Waals surface area (Å²) in [5.41, 5.74) is 36.4. The molecule has 0 spiro atoms. The highest BCUT2D eigenvalue weighted by atomic mass is 16.8. The van der Waals surface area contributed by atoms with Crippen LogP contribution in [0.4, 0.5) is 14.4 Å². The molecule has 3 amide bonds. The number of hydrogen-bond acceptors (Lipinski definition) is 33. The van der Waals surface area contributed by atoms with Crippen molar-refractivity contribution in [1.29, 1.82) is 0 Å². The van der Waals surface area contributed by atoms with Crippen molar-refractivity contribution in [1.82, 2.24) is 20.9 Å². The Kier molecular flexibility index (Phi) is 30.6. The molecule has 104 heavy (non-hydrogen) atoms. The minimum Gasteiger partial charge on any atom is -0.445 e. The van der Waals surface area contributed by atoms with Crippen LogP contribution in [0.25, 0.3) is 0 Å². The number of carbonyl (C=O) groups excluding carboxylic acids is 3. The summed E-state index contributed by atoms with van der Waals surface area (Å²) in [5, 5.41) is 125. The van der Waals surface area contributed by atoms with Crippen LogP contribution in [-0.2, 0) is 74.8 Å². The lowest BCUT2D eigenvalue weighted by atomic mass is 9.08. The van der Waals surface area contributed by atoms with Gasteiger partial charge >= 0.3 is 18.3 Å². The molecule has 6 radical (unpaired) electrons. The highest BCUT2D eigenvalue weighted by Gasteiger charge is 2.62. The zero-order valence-corrected chi connectivity index (χ0v) is 56.7. The van der Waals surface area contributed by atoms with Crippen LogP contribution in [0.3, 0.4) is 0 Å². The van der Waals surface area contributed by atoms with Gasteiger partial charge in [0, 0.05) is 54.6 Å².